The normalized spacial score (nSPS) is 11.6. The Bertz CT molecular complexity index is 510. The van der Waals surface area contributed by atoms with Gasteiger partial charge in [0.25, 0.3) is 0 Å². The van der Waals surface area contributed by atoms with Crippen LogP contribution in [0.15, 0.2) is 0 Å². The van der Waals surface area contributed by atoms with Crippen molar-refractivity contribution in [2.24, 2.45) is 0 Å². The first-order valence-electron chi connectivity index (χ1n) is 11.3. The van der Waals surface area contributed by atoms with Crippen LogP contribution in [0.25, 0.3) is 0 Å². The Morgan fingerprint density at radius 2 is 1.07 bits per heavy atom. The van der Waals surface area contributed by atoms with Gasteiger partial charge in [-0.1, -0.05) is 64.2 Å². The van der Waals surface area contributed by atoms with Gasteiger partial charge in [-0.3, -0.25) is 14.4 Å². The summed E-state index contributed by atoms with van der Waals surface area (Å²) in [4.78, 5) is 44.7. The number of carboxylic acid groups (broad SMARTS) is 2. The van der Waals surface area contributed by atoms with E-state index >= 15 is 0 Å². The Hall–Kier alpha value is -2.12. The van der Waals surface area contributed by atoms with Crippen molar-refractivity contribution in [3.05, 3.63) is 0 Å². The number of unbranched alkanes of at least 4 members (excludes halogenated alkanes) is 11. The maximum absolute atomic E-state index is 11.9. The standard InChI is InChI=1S/C22H40N2O6/c1-23-19(25)17-16-18(22(29)30)24-20(26)14-12-10-8-6-4-2-3-5-7-9-11-13-15-21(27)28/h18H,2-17H2,1H3,(H,23,25)(H,24,26)(H,27,28)(H,29,30)/t18-/m1/s1. The van der Waals surface area contributed by atoms with Crippen molar-refractivity contribution in [2.75, 3.05) is 7.05 Å². The largest absolute Gasteiger partial charge is 0.481 e. The third-order valence-electron chi connectivity index (χ3n) is 5.12. The van der Waals surface area contributed by atoms with Gasteiger partial charge in [0, 0.05) is 26.3 Å². The van der Waals surface area contributed by atoms with E-state index in [9.17, 15) is 19.2 Å². The molecular weight excluding hydrogens is 388 g/mol. The highest BCUT2D eigenvalue weighted by Crippen LogP contribution is 2.13. The van der Waals surface area contributed by atoms with Crippen molar-refractivity contribution >= 4 is 23.8 Å². The molecule has 0 spiro atoms. The van der Waals surface area contributed by atoms with Crippen molar-refractivity contribution < 1.29 is 29.4 Å². The summed E-state index contributed by atoms with van der Waals surface area (Å²) in [6, 6.07) is -1.02. The number of amides is 2. The summed E-state index contributed by atoms with van der Waals surface area (Å²) in [5, 5.41) is 22.6. The van der Waals surface area contributed by atoms with Crippen LogP contribution in [-0.4, -0.2) is 47.1 Å². The average molecular weight is 429 g/mol. The highest BCUT2D eigenvalue weighted by molar-refractivity contribution is 5.84. The zero-order valence-electron chi connectivity index (χ0n) is 18.4. The Kier molecular flexibility index (Phi) is 17.5. The number of hydrogen-bond acceptors (Lipinski definition) is 4. The van der Waals surface area contributed by atoms with E-state index < -0.39 is 18.0 Å². The summed E-state index contributed by atoms with van der Waals surface area (Å²) in [7, 11) is 1.49. The molecule has 30 heavy (non-hydrogen) atoms. The monoisotopic (exact) mass is 428 g/mol. The minimum absolute atomic E-state index is 0.0679. The van der Waals surface area contributed by atoms with Crippen LogP contribution in [-0.2, 0) is 19.2 Å². The first kappa shape index (κ1) is 27.9. The van der Waals surface area contributed by atoms with Crippen LogP contribution in [0, 0.1) is 0 Å². The Morgan fingerprint density at radius 1 is 0.633 bits per heavy atom. The zero-order chi connectivity index (χ0) is 22.6. The van der Waals surface area contributed by atoms with Crippen LogP contribution in [0.5, 0.6) is 0 Å². The first-order chi connectivity index (χ1) is 14.4. The van der Waals surface area contributed by atoms with E-state index in [4.69, 9.17) is 10.2 Å². The number of carboxylic acids is 2. The fourth-order valence-corrected chi connectivity index (χ4v) is 3.25. The molecule has 8 nitrogen and oxygen atoms in total. The summed E-state index contributed by atoms with van der Waals surface area (Å²) < 4.78 is 0. The van der Waals surface area contributed by atoms with Gasteiger partial charge in [0.05, 0.1) is 0 Å². The minimum atomic E-state index is -1.12. The van der Waals surface area contributed by atoms with Crippen LogP contribution < -0.4 is 10.6 Å². The van der Waals surface area contributed by atoms with Crippen LogP contribution in [0.2, 0.25) is 0 Å². The molecule has 0 aromatic rings. The molecule has 0 saturated heterocycles. The van der Waals surface area contributed by atoms with Crippen LogP contribution >= 0.6 is 0 Å². The number of rotatable bonds is 20. The minimum Gasteiger partial charge on any atom is -0.481 e. The van der Waals surface area contributed by atoms with Crippen molar-refractivity contribution in [3.63, 3.8) is 0 Å². The van der Waals surface area contributed by atoms with Gasteiger partial charge in [-0.15, -0.1) is 0 Å². The molecule has 174 valence electrons. The van der Waals surface area contributed by atoms with E-state index in [0.29, 0.717) is 6.42 Å². The number of carbonyl (C=O) groups excluding carboxylic acids is 2. The number of hydrogen-bond donors (Lipinski definition) is 4. The zero-order valence-corrected chi connectivity index (χ0v) is 18.4. The molecule has 0 bridgehead atoms. The number of carbonyl (C=O) groups is 4. The second kappa shape index (κ2) is 18.9. The molecule has 1 atom stereocenters. The molecule has 0 radical (unpaired) electrons. The maximum atomic E-state index is 11.9. The summed E-state index contributed by atoms with van der Waals surface area (Å²) in [6.07, 6.45) is 13.5. The summed E-state index contributed by atoms with van der Waals surface area (Å²) in [5.41, 5.74) is 0. The van der Waals surface area contributed by atoms with Gasteiger partial charge in [0.1, 0.15) is 6.04 Å². The molecule has 2 amide bonds. The number of nitrogens with one attached hydrogen (secondary N) is 2. The lowest BCUT2D eigenvalue weighted by Gasteiger charge is -2.14. The molecule has 8 heteroatoms. The molecule has 0 rings (SSSR count). The SMILES string of the molecule is CNC(=O)CC[C@@H](NC(=O)CCCCCCCCCCCCCCC(=O)O)C(=O)O. The quantitative estimate of drug-likeness (QED) is 0.219. The molecule has 0 fully saturated rings. The third kappa shape index (κ3) is 17.9. The predicted molar refractivity (Wildman–Crippen MR) is 115 cm³/mol. The van der Waals surface area contributed by atoms with Crippen molar-refractivity contribution in [1.82, 2.24) is 10.6 Å². The van der Waals surface area contributed by atoms with Gasteiger partial charge in [-0.05, 0) is 19.3 Å². The lowest BCUT2D eigenvalue weighted by molar-refractivity contribution is -0.142. The van der Waals surface area contributed by atoms with Crippen molar-refractivity contribution in [1.29, 1.82) is 0 Å². The molecule has 0 unspecified atom stereocenters. The van der Waals surface area contributed by atoms with E-state index in [1.165, 1.54) is 39.2 Å². The average Bonchev–Trinajstić information content (AvgIpc) is 2.70. The summed E-state index contributed by atoms with van der Waals surface area (Å²) >= 11 is 0. The van der Waals surface area contributed by atoms with E-state index in [-0.39, 0.29) is 31.1 Å². The van der Waals surface area contributed by atoms with Gasteiger partial charge in [-0.2, -0.15) is 0 Å². The predicted octanol–water partition coefficient (Wildman–Crippen LogP) is 3.63. The van der Waals surface area contributed by atoms with E-state index in [1.807, 2.05) is 0 Å². The Labute approximate surface area is 180 Å². The second-order valence-corrected chi connectivity index (χ2v) is 7.81. The maximum Gasteiger partial charge on any atom is 0.326 e. The second-order valence-electron chi connectivity index (χ2n) is 7.81. The topological polar surface area (TPSA) is 133 Å². The van der Waals surface area contributed by atoms with Crippen LogP contribution in [0.1, 0.15) is 103 Å². The lowest BCUT2D eigenvalue weighted by Crippen LogP contribution is -2.41. The molecule has 0 aliphatic rings. The molecule has 0 aliphatic heterocycles. The highest BCUT2D eigenvalue weighted by atomic mass is 16.4. The lowest BCUT2D eigenvalue weighted by atomic mass is 10.0. The van der Waals surface area contributed by atoms with Crippen molar-refractivity contribution in [3.8, 4) is 0 Å². The van der Waals surface area contributed by atoms with Crippen LogP contribution in [0.3, 0.4) is 0 Å². The van der Waals surface area contributed by atoms with Gasteiger partial charge in [-0.25, -0.2) is 4.79 Å². The van der Waals surface area contributed by atoms with E-state index in [2.05, 4.69) is 10.6 Å². The van der Waals surface area contributed by atoms with Gasteiger partial charge < -0.3 is 20.8 Å². The van der Waals surface area contributed by atoms with Crippen molar-refractivity contribution in [2.45, 2.75) is 109 Å². The molecule has 4 N–H and O–H groups in total. The Balaban J connectivity index is 3.54. The van der Waals surface area contributed by atoms with Crippen LogP contribution in [0.4, 0.5) is 0 Å². The number of aliphatic carboxylic acids is 2. The van der Waals surface area contributed by atoms with E-state index in [0.717, 1.165) is 44.9 Å². The smallest absolute Gasteiger partial charge is 0.326 e. The molecule has 0 aromatic heterocycles. The molecular formula is C22H40N2O6. The fourth-order valence-electron chi connectivity index (χ4n) is 3.25. The molecule has 0 aliphatic carbocycles. The van der Waals surface area contributed by atoms with E-state index in [1.54, 1.807) is 0 Å². The van der Waals surface area contributed by atoms with Gasteiger partial charge >= 0.3 is 11.9 Å². The summed E-state index contributed by atoms with van der Waals surface area (Å²) in [6.45, 7) is 0. The molecule has 0 heterocycles. The fraction of sp³-hybridized carbons (Fsp3) is 0.818. The Morgan fingerprint density at radius 3 is 1.47 bits per heavy atom. The molecule has 0 aromatic carbocycles. The third-order valence-corrected chi connectivity index (χ3v) is 5.12. The first-order valence-corrected chi connectivity index (χ1v) is 11.3. The summed E-state index contributed by atoms with van der Waals surface area (Å²) in [5.74, 6) is -2.35. The van der Waals surface area contributed by atoms with Gasteiger partial charge in [0.2, 0.25) is 11.8 Å². The highest BCUT2D eigenvalue weighted by Gasteiger charge is 2.20. The molecule has 0 saturated carbocycles. The van der Waals surface area contributed by atoms with Gasteiger partial charge in [0.15, 0.2) is 0 Å².